The molecule has 1 aliphatic rings. The minimum Gasteiger partial charge on any atom is -0.311 e. The van der Waals surface area contributed by atoms with Gasteiger partial charge in [0.15, 0.2) is 0 Å². The van der Waals surface area contributed by atoms with Crippen molar-refractivity contribution in [2.24, 2.45) is 0 Å². The van der Waals surface area contributed by atoms with E-state index in [-0.39, 0.29) is 17.0 Å². The van der Waals surface area contributed by atoms with E-state index in [0.29, 0.717) is 17.1 Å². The summed E-state index contributed by atoms with van der Waals surface area (Å²) in [6.45, 7) is 2.68. The van der Waals surface area contributed by atoms with Gasteiger partial charge in [-0.05, 0) is 30.7 Å². The van der Waals surface area contributed by atoms with Crippen molar-refractivity contribution in [1.82, 2.24) is 24.2 Å². The molecule has 8 heteroatoms. The summed E-state index contributed by atoms with van der Waals surface area (Å²) in [4.78, 5) is 19.2. The maximum absolute atomic E-state index is 13.1. The Hall–Kier alpha value is -3.22. The predicted molar refractivity (Wildman–Crippen MR) is 122 cm³/mol. The number of carbonyl (C=O) groups is 1. The number of imidazole rings is 1. The molecule has 6 nitrogen and oxygen atoms in total. The van der Waals surface area contributed by atoms with Gasteiger partial charge in [-0.15, -0.1) is 0 Å². The highest BCUT2D eigenvalue weighted by molar-refractivity contribution is 6.43. The Labute approximate surface area is 189 Å². The Balaban J connectivity index is 1.42. The van der Waals surface area contributed by atoms with E-state index < -0.39 is 0 Å². The molecule has 0 aliphatic carbocycles. The molecule has 1 atom stereocenters. The van der Waals surface area contributed by atoms with E-state index in [4.69, 9.17) is 23.2 Å². The van der Waals surface area contributed by atoms with Crippen molar-refractivity contribution in [2.45, 2.75) is 19.5 Å². The molecule has 0 spiro atoms. The molecule has 0 bridgehead atoms. The van der Waals surface area contributed by atoms with Gasteiger partial charge in [0.25, 0.3) is 5.91 Å². The summed E-state index contributed by atoms with van der Waals surface area (Å²) >= 11 is 12.3. The maximum Gasteiger partial charge on any atom is 0.259 e. The Morgan fingerprint density at radius 2 is 1.94 bits per heavy atom. The molecular formula is C23H19Cl2N5O. The number of nitrogens with one attached hydrogen (secondary N) is 1. The van der Waals surface area contributed by atoms with Gasteiger partial charge in [-0.3, -0.25) is 9.89 Å². The average Bonchev–Trinajstić information content (AvgIpc) is 3.19. The molecule has 156 valence electrons. The number of benzene rings is 2. The fourth-order valence-electron chi connectivity index (χ4n) is 3.82. The first kappa shape index (κ1) is 19.7. The van der Waals surface area contributed by atoms with Crippen molar-refractivity contribution < 1.29 is 4.79 Å². The molecule has 0 radical (unpaired) electrons. The largest absolute Gasteiger partial charge is 0.311 e. The molecule has 1 amide bonds. The van der Waals surface area contributed by atoms with Crippen molar-refractivity contribution in [3.05, 3.63) is 99.7 Å². The molecule has 0 saturated carbocycles. The van der Waals surface area contributed by atoms with Gasteiger partial charge in [0.1, 0.15) is 0 Å². The summed E-state index contributed by atoms with van der Waals surface area (Å²) in [6.07, 6.45) is 7.42. The van der Waals surface area contributed by atoms with Crippen LogP contribution in [-0.4, -0.2) is 30.1 Å². The molecule has 1 aliphatic heterocycles. The number of carbonyl (C=O) groups excluding carboxylic acids is 1. The summed E-state index contributed by atoms with van der Waals surface area (Å²) in [7, 11) is 0. The Kier molecular flexibility index (Phi) is 4.96. The van der Waals surface area contributed by atoms with Crippen molar-refractivity contribution in [2.75, 3.05) is 0 Å². The molecule has 0 fully saturated rings. The van der Waals surface area contributed by atoms with Gasteiger partial charge in [0, 0.05) is 18.6 Å². The predicted octanol–water partition coefficient (Wildman–Crippen LogP) is 5.54. The van der Waals surface area contributed by atoms with Gasteiger partial charge in [0.2, 0.25) is 5.95 Å². The van der Waals surface area contributed by atoms with Crippen LogP contribution in [0.1, 0.15) is 40.3 Å². The smallest absolute Gasteiger partial charge is 0.259 e. The van der Waals surface area contributed by atoms with Gasteiger partial charge in [-0.25, -0.2) is 9.67 Å². The van der Waals surface area contributed by atoms with Gasteiger partial charge in [-0.1, -0.05) is 59.6 Å². The molecular weight excluding hydrogens is 433 g/mol. The van der Waals surface area contributed by atoms with Crippen LogP contribution in [0.2, 0.25) is 10.0 Å². The first-order valence-corrected chi connectivity index (χ1v) is 10.6. The topological polar surface area (TPSA) is 58.9 Å². The van der Waals surface area contributed by atoms with Crippen molar-refractivity contribution in [1.29, 1.82) is 0 Å². The summed E-state index contributed by atoms with van der Waals surface area (Å²) in [5.41, 5.74) is 3.50. The number of rotatable bonds is 4. The minimum atomic E-state index is -0.200. The zero-order valence-corrected chi connectivity index (χ0v) is 18.2. The molecule has 4 aromatic rings. The van der Waals surface area contributed by atoms with Crippen LogP contribution < -0.4 is 0 Å². The van der Waals surface area contributed by atoms with Crippen LogP contribution in [0.4, 0.5) is 0 Å². The van der Waals surface area contributed by atoms with E-state index >= 15 is 0 Å². The number of amides is 1. The third-order valence-electron chi connectivity index (χ3n) is 5.48. The van der Waals surface area contributed by atoms with E-state index in [2.05, 4.69) is 26.8 Å². The monoisotopic (exact) mass is 451 g/mol. The molecule has 5 rings (SSSR count). The van der Waals surface area contributed by atoms with Gasteiger partial charge in [-0.2, -0.15) is 0 Å². The second kappa shape index (κ2) is 7.80. The van der Waals surface area contributed by atoms with E-state index in [0.717, 1.165) is 17.3 Å². The number of nitrogens with zero attached hydrogens (tertiary/aromatic N) is 4. The van der Waals surface area contributed by atoms with Crippen LogP contribution >= 0.6 is 23.2 Å². The van der Waals surface area contributed by atoms with Crippen molar-refractivity contribution in [3.8, 4) is 5.95 Å². The van der Waals surface area contributed by atoms with E-state index in [9.17, 15) is 4.79 Å². The molecule has 1 unspecified atom stereocenters. The third-order valence-corrected chi connectivity index (χ3v) is 6.30. The Morgan fingerprint density at radius 3 is 2.74 bits per heavy atom. The van der Waals surface area contributed by atoms with Crippen LogP contribution in [0.3, 0.4) is 0 Å². The standard InChI is InChI=1S/C23H19Cl2N5O/c1-15-21-19(10-12-29(15)22(31)17-8-5-9-18(24)20(17)25)30(27-21)23-26-11-13-28(23)14-16-6-3-2-4-7-16/h2-13,15,27H,14H2,1H3. The highest BCUT2D eigenvalue weighted by Crippen LogP contribution is 2.35. The lowest BCUT2D eigenvalue weighted by Crippen LogP contribution is -2.36. The maximum atomic E-state index is 13.1. The van der Waals surface area contributed by atoms with Gasteiger partial charge in [0.05, 0.1) is 39.6 Å². The number of hydrogen-bond acceptors (Lipinski definition) is 2. The van der Waals surface area contributed by atoms with Crippen LogP contribution in [0.5, 0.6) is 0 Å². The lowest BCUT2D eigenvalue weighted by atomic mass is 10.0. The lowest BCUT2D eigenvalue weighted by Gasteiger charge is -2.35. The summed E-state index contributed by atoms with van der Waals surface area (Å²) in [5.74, 6) is 0.589. The molecule has 0 saturated heterocycles. The quantitative estimate of drug-likeness (QED) is 0.442. The summed E-state index contributed by atoms with van der Waals surface area (Å²) < 4.78 is 4.01. The Bertz CT molecular complexity index is 1280. The average molecular weight is 452 g/mol. The molecule has 1 N–H and O–H groups in total. The van der Waals surface area contributed by atoms with E-state index in [1.165, 1.54) is 5.56 Å². The fraction of sp³-hybridized carbons (Fsp3) is 0.130. The SMILES string of the molecule is CC1c2[nH]n(-c3nccn3Cc3ccccc3)c2C=CN1C(=O)c1cccc(Cl)c1Cl. The highest BCUT2D eigenvalue weighted by Gasteiger charge is 2.32. The van der Waals surface area contributed by atoms with E-state index in [1.54, 1.807) is 35.5 Å². The Morgan fingerprint density at radius 1 is 1.13 bits per heavy atom. The minimum absolute atomic E-state index is 0.184. The van der Waals surface area contributed by atoms with Crippen LogP contribution in [0.25, 0.3) is 12.0 Å². The second-order valence-corrected chi connectivity index (χ2v) is 8.18. The number of aromatic amines is 1. The normalized spacial score (nSPS) is 15.3. The van der Waals surface area contributed by atoms with Gasteiger partial charge >= 0.3 is 0 Å². The number of fused-ring (bicyclic) bond motifs is 1. The number of halogens is 2. The zero-order valence-electron chi connectivity index (χ0n) is 16.7. The first-order valence-electron chi connectivity index (χ1n) is 9.85. The van der Waals surface area contributed by atoms with E-state index in [1.807, 2.05) is 42.1 Å². The number of H-pyrrole nitrogens is 1. The fourth-order valence-corrected chi connectivity index (χ4v) is 4.20. The molecule has 31 heavy (non-hydrogen) atoms. The summed E-state index contributed by atoms with van der Waals surface area (Å²) in [5, 5.41) is 3.97. The third kappa shape index (κ3) is 3.38. The van der Waals surface area contributed by atoms with Crippen LogP contribution in [0.15, 0.2) is 67.1 Å². The highest BCUT2D eigenvalue weighted by atomic mass is 35.5. The van der Waals surface area contributed by atoms with Crippen molar-refractivity contribution in [3.63, 3.8) is 0 Å². The second-order valence-electron chi connectivity index (χ2n) is 7.39. The summed E-state index contributed by atoms with van der Waals surface area (Å²) in [6, 6.07) is 15.1. The van der Waals surface area contributed by atoms with Crippen LogP contribution in [-0.2, 0) is 6.54 Å². The molecule has 2 aromatic carbocycles. The van der Waals surface area contributed by atoms with Crippen molar-refractivity contribution >= 4 is 35.2 Å². The number of hydrogen-bond donors (Lipinski definition) is 1. The molecule has 2 aromatic heterocycles. The number of aromatic nitrogens is 4. The first-order chi connectivity index (χ1) is 15.0. The van der Waals surface area contributed by atoms with Gasteiger partial charge < -0.3 is 9.47 Å². The zero-order chi connectivity index (χ0) is 21.5. The van der Waals surface area contributed by atoms with Crippen LogP contribution in [0, 0.1) is 0 Å². The molecule has 3 heterocycles. The lowest BCUT2D eigenvalue weighted by molar-refractivity contribution is 0.0769.